The molecule has 0 saturated heterocycles. The Hall–Kier alpha value is -1.55. The van der Waals surface area contributed by atoms with Crippen LogP contribution in [0.2, 0.25) is 0 Å². The third-order valence-electron chi connectivity index (χ3n) is 2.37. The molecular formula is C12H12N2OS. The van der Waals surface area contributed by atoms with Crippen molar-refractivity contribution in [1.29, 1.82) is 0 Å². The average molecular weight is 232 g/mol. The SMILES string of the molecule is CCC(=O)c1cnc(-c2cnccc2C)s1. The van der Waals surface area contributed by atoms with E-state index in [9.17, 15) is 4.79 Å². The Bertz CT molecular complexity index is 519. The second-order valence-corrected chi connectivity index (χ2v) is 4.53. The van der Waals surface area contributed by atoms with Crippen molar-refractivity contribution in [3.63, 3.8) is 0 Å². The van der Waals surface area contributed by atoms with Gasteiger partial charge >= 0.3 is 0 Å². The van der Waals surface area contributed by atoms with Crippen LogP contribution in [0.1, 0.15) is 28.6 Å². The Morgan fingerprint density at radius 3 is 2.94 bits per heavy atom. The monoisotopic (exact) mass is 232 g/mol. The molecule has 3 nitrogen and oxygen atoms in total. The van der Waals surface area contributed by atoms with E-state index in [-0.39, 0.29) is 5.78 Å². The lowest BCUT2D eigenvalue weighted by atomic mass is 10.2. The summed E-state index contributed by atoms with van der Waals surface area (Å²) in [6.07, 6.45) is 5.71. The number of ketones is 1. The van der Waals surface area contributed by atoms with Gasteiger partial charge in [0.15, 0.2) is 5.78 Å². The molecule has 4 heteroatoms. The minimum atomic E-state index is 0.144. The number of Topliss-reactive ketones (excluding diaryl/α,β-unsaturated/α-hetero) is 1. The average Bonchev–Trinajstić information content (AvgIpc) is 2.78. The summed E-state index contributed by atoms with van der Waals surface area (Å²) in [6, 6.07) is 1.94. The summed E-state index contributed by atoms with van der Waals surface area (Å²) in [5.74, 6) is 0.144. The van der Waals surface area contributed by atoms with E-state index in [1.807, 2.05) is 19.9 Å². The van der Waals surface area contributed by atoms with Gasteiger partial charge < -0.3 is 0 Å². The van der Waals surface area contributed by atoms with Crippen molar-refractivity contribution >= 4 is 17.1 Å². The molecule has 2 rings (SSSR count). The molecule has 0 aliphatic heterocycles. The standard InChI is InChI=1S/C12H12N2OS/c1-3-10(15)11-7-14-12(16-11)9-6-13-5-4-8(9)2/h4-7H,3H2,1-2H3. The number of nitrogens with zero attached hydrogens (tertiary/aromatic N) is 2. The summed E-state index contributed by atoms with van der Waals surface area (Å²) in [5.41, 5.74) is 2.13. The molecule has 0 aliphatic carbocycles. The number of thiazole rings is 1. The van der Waals surface area contributed by atoms with Gasteiger partial charge in [-0.25, -0.2) is 4.98 Å². The van der Waals surface area contributed by atoms with Gasteiger partial charge in [0.1, 0.15) is 5.01 Å². The zero-order chi connectivity index (χ0) is 11.5. The second kappa shape index (κ2) is 4.53. The maximum absolute atomic E-state index is 11.5. The molecule has 16 heavy (non-hydrogen) atoms. The van der Waals surface area contributed by atoms with Crippen LogP contribution in [0.5, 0.6) is 0 Å². The van der Waals surface area contributed by atoms with Crippen molar-refractivity contribution in [2.45, 2.75) is 20.3 Å². The number of pyridine rings is 1. The molecule has 0 bridgehead atoms. The number of carbonyl (C=O) groups excluding carboxylic acids is 1. The van der Waals surface area contributed by atoms with Gasteiger partial charge in [-0.3, -0.25) is 9.78 Å². The highest BCUT2D eigenvalue weighted by Crippen LogP contribution is 2.27. The van der Waals surface area contributed by atoms with E-state index >= 15 is 0 Å². The molecule has 2 heterocycles. The van der Waals surface area contributed by atoms with Crippen LogP contribution in [0.4, 0.5) is 0 Å². The van der Waals surface area contributed by atoms with E-state index < -0.39 is 0 Å². The lowest BCUT2D eigenvalue weighted by molar-refractivity contribution is 0.0992. The quantitative estimate of drug-likeness (QED) is 0.764. The van der Waals surface area contributed by atoms with Gasteiger partial charge in [0, 0.05) is 30.6 Å². The molecular weight excluding hydrogens is 220 g/mol. The highest BCUT2D eigenvalue weighted by atomic mass is 32.1. The number of aromatic nitrogens is 2. The molecule has 0 N–H and O–H groups in total. The van der Waals surface area contributed by atoms with Crippen molar-refractivity contribution in [2.24, 2.45) is 0 Å². The molecule has 82 valence electrons. The Balaban J connectivity index is 2.39. The number of hydrogen-bond donors (Lipinski definition) is 0. The van der Waals surface area contributed by atoms with Crippen LogP contribution in [-0.2, 0) is 0 Å². The largest absolute Gasteiger partial charge is 0.293 e. The van der Waals surface area contributed by atoms with Crippen molar-refractivity contribution in [3.05, 3.63) is 35.1 Å². The molecule has 0 radical (unpaired) electrons. The fourth-order valence-electron chi connectivity index (χ4n) is 1.39. The number of rotatable bonds is 3. The van der Waals surface area contributed by atoms with Gasteiger partial charge in [-0.05, 0) is 18.6 Å². The first-order chi connectivity index (χ1) is 7.72. The van der Waals surface area contributed by atoms with E-state index in [1.54, 1.807) is 18.6 Å². The van der Waals surface area contributed by atoms with E-state index in [1.165, 1.54) is 11.3 Å². The van der Waals surface area contributed by atoms with Crippen LogP contribution >= 0.6 is 11.3 Å². The Morgan fingerprint density at radius 2 is 2.25 bits per heavy atom. The van der Waals surface area contributed by atoms with Gasteiger partial charge in [-0.1, -0.05) is 6.92 Å². The van der Waals surface area contributed by atoms with Crippen LogP contribution < -0.4 is 0 Å². The molecule has 0 amide bonds. The third-order valence-corrected chi connectivity index (χ3v) is 3.44. The minimum Gasteiger partial charge on any atom is -0.293 e. The fraction of sp³-hybridized carbons (Fsp3) is 0.250. The number of aryl methyl sites for hydroxylation is 1. The van der Waals surface area contributed by atoms with Crippen LogP contribution in [0, 0.1) is 6.92 Å². The zero-order valence-electron chi connectivity index (χ0n) is 9.23. The van der Waals surface area contributed by atoms with Crippen molar-refractivity contribution in [2.75, 3.05) is 0 Å². The first kappa shape index (κ1) is 11.0. The Kier molecular flexibility index (Phi) is 3.10. The molecule has 0 atom stereocenters. The fourth-order valence-corrected chi connectivity index (χ4v) is 2.39. The first-order valence-corrected chi connectivity index (χ1v) is 5.94. The molecule has 0 spiro atoms. The van der Waals surface area contributed by atoms with Crippen molar-refractivity contribution < 1.29 is 4.79 Å². The minimum absolute atomic E-state index is 0.144. The van der Waals surface area contributed by atoms with Gasteiger partial charge in [-0.2, -0.15) is 0 Å². The number of carbonyl (C=O) groups is 1. The molecule has 2 aromatic heterocycles. The normalized spacial score (nSPS) is 10.4. The summed E-state index contributed by atoms with van der Waals surface area (Å²) < 4.78 is 0. The summed E-state index contributed by atoms with van der Waals surface area (Å²) in [7, 11) is 0. The summed E-state index contributed by atoms with van der Waals surface area (Å²) in [4.78, 5) is 20.6. The predicted octanol–water partition coefficient (Wildman–Crippen LogP) is 3.11. The van der Waals surface area contributed by atoms with Gasteiger partial charge in [0.05, 0.1) is 4.88 Å². The van der Waals surface area contributed by atoms with E-state index in [0.29, 0.717) is 6.42 Å². The Morgan fingerprint density at radius 1 is 1.44 bits per heavy atom. The highest BCUT2D eigenvalue weighted by Gasteiger charge is 2.11. The van der Waals surface area contributed by atoms with Crippen LogP contribution in [0.3, 0.4) is 0 Å². The summed E-state index contributed by atoms with van der Waals surface area (Å²) in [6.45, 7) is 3.87. The van der Waals surface area contributed by atoms with E-state index in [0.717, 1.165) is 21.0 Å². The zero-order valence-corrected chi connectivity index (χ0v) is 10.0. The van der Waals surface area contributed by atoms with Crippen LogP contribution in [-0.4, -0.2) is 15.8 Å². The highest BCUT2D eigenvalue weighted by molar-refractivity contribution is 7.16. The number of hydrogen-bond acceptors (Lipinski definition) is 4. The first-order valence-electron chi connectivity index (χ1n) is 5.12. The van der Waals surface area contributed by atoms with Crippen molar-refractivity contribution in [1.82, 2.24) is 9.97 Å². The maximum Gasteiger partial charge on any atom is 0.174 e. The molecule has 2 aromatic rings. The molecule has 0 saturated carbocycles. The lowest BCUT2D eigenvalue weighted by Crippen LogP contribution is -1.90. The Labute approximate surface area is 98.2 Å². The van der Waals surface area contributed by atoms with Gasteiger partial charge in [-0.15, -0.1) is 11.3 Å². The lowest BCUT2D eigenvalue weighted by Gasteiger charge is -1.99. The summed E-state index contributed by atoms with van der Waals surface area (Å²) in [5, 5.41) is 0.863. The smallest absolute Gasteiger partial charge is 0.174 e. The molecule has 0 unspecified atom stereocenters. The molecule has 0 aromatic carbocycles. The van der Waals surface area contributed by atoms with Crippen LogP contribution in [0.25, 0.3) is 10.6 Å². The van der Waals surface area contributed by atoms with E-state index in [4.69, 9.17) is 0 Å². The maximum atomic E-state index is 11.5. The predicted molar refractivity (Wildman–Crippen MR) is 64.7 cm³/mol. The van der Waals surface area contributed by atoms with Gasteiger partial charge in [0.25, 0.3) is 0 Å². The second-order valence-electron chi connectivity index (χ2n) is 3.50. The van der Waals surface area contributed by atoms with Crippen molar-refractivity contribution in [3.8, 4) is 10.6 Å². The topological polar surface area (TPSA) is 42.9 Å². The molecule has 0 aliphatic rings. The van der Waals surface area contributed by atoms with Crippen LogP contribution in [0.15, 0.2) is 24.7 Å². The molecule has 0 fully saturated rings. The van der Waals surface area contributed by atoms with Gasteiger partial charge in [0.2, 0.25) is 0 Å². The third kappa shape index (κ3) is 2.02. The van der Waals surface area contributed by atoms with E-state index in [2.05, 4.69) is 9.97 Å². The summed E-state index contributed by atoms with van der Waals surface area (Å²) >= 11 is 1.43.